The largest absolute Gasteiger partial charge is 0.271 e. The Bertz CT molecular complexity index is 436. The number of aryl methyl sites for hydroxylation is 1. The Hall–Kier alpha value is -1.23. The van der Waals surface area contributed by atoms with Gasteiger partial charge in [0.05, 0.1) is 11.6 Å². The molecule has 0 saturated heterocycles. The van der Waals surface area contributed by atoms with E-state index in [9.17, 15) is 0 Å². The van der Waals surface area contributed by atoms with Gasteiger partial charge in [-0.05, 0) is 24.0 Å². The molecule has 0 aliphatic heterocycles. The number of hydrogen-bond donors (Lipinski definition) is 2. The van der Waals surface area contributed by atoms with Crippen molar-refractivity contribution in [2.75, 3.05) is 0 Å². The Labute approximate surface area is 106 Å². The van der Waals surface area contributed by atoms with Crippen molar-refractivity contribution >= 4 is 11.3 Å². The van der Waals surface area contributed by atoms with Crippen molar-refractivity contribution in [3.63, 3.8) is 0 Å². The fraction of sp³-hybridized carbons (Fsp3) is 0.308. The van der Waals surface area contributed by atoms with Crippen LogP contribution in [0.5, 0.6) is 0 Å². The van der Waals surface area contributed by atoms with E-state index >= 15 is 0 Å². The average molecular weight is 247 g/mol. The van der Waals surface area contributed by atoms with Crippen LogP contribution in [0.4, 0.5) is 0 Å². The van der Waals surface area contributed by atoms with Gasteiger partial charge in [-0.3, -0.25) is 16.3 Å². The quantitative estimate of drug-likeness (QED) is 0.630. The second-order valence-electron chi connectivity index (χ2n) is 4.00. The molecule has 2 rings (SSSR count). The maximum Gasteiger partial charge on any atom is 0.0794 e. The first-order chi connectivity index (χ1) is 8.33. The lowest BCUT2D eigenvalue weighted by Crippen LogP contribution is -2.28. The molecule has 0 saturated carbocycles. The summed E-state index contributed by atoms with van der Waals surface area (Å²) in [4.78, 5) is 5.26. The van der Waals surface area contributed by atoms with Gasteiger partial charge in [-0.1, -0.05) is 31.2 Å². The van der Waals surface area contributed by atoms with Crippen LogP contribution in [-0.2, 0) is 12.8 Å². The summed E-state index contributed by atoms with van der Waals surface area (Å²) in [6.07, 6.45) is 3.84. The molecule has 0 fully saturated rings. The minimum Gasteiger partial charge on any atom is -0.271 e. The zero-order chi connectivity index (χ0) is 12.1. The summed E-state index contributed by atoms with van der Waals surface area (Å²) in [5.41, 5.74) is 7.34. The first-order valence-electron chi connectivity index (χ1n) is 5.75. The third kappa shape index (κ3) is 3.12. The van der Waals surface area contributed by atoms with Gasteiger partial charge in [0, 0.05) is 11.1 Å². The van der Waals surface area contributed by atoms with Crippen LogP contribution in [0.3, 0.4) is 0 Å². The Morgan fingerprint density at radius 3 is 2.53 bits per heavy atom. The van der Waals surface area contributed by atoms with Gasteiger partial charge < -0.3 is 0 Å². The first-order valence-corrected chi connectivity index (χ1v) is 6.63. The van der Waals surface area contributed by atoms with E-state index in [0.29, 0.717) is 0 Å². The van der Waals surface area contributed by atoms with Crippen molar-refractivity contribution in [1.29, 1.82) is 0 Å². The predicted molar refractivity (Wildman–Crippen MR) is 71.7 cm³/mol. The zero-order valence-electron chi connectivity index (χ0n) is 9.89. The van der Waals surface area contributed by atoms with Crippen molar-refractivity contribution in [3.05, 3.63) is 52.0 Å². The summed E-state index contributed by atoms with van der Waals surface area (Å²) in [7, 11) is 0. The van der Waals surface area contributed by atoms with Gasteiger partial charge in [-0.2, -0.15) is 0 Å². The molecule has 1 aromatic carbocycles. The molecular formula is C13H17N3S. The van der Waals surface area contributed by atoms with Crippen LogP contribution in [0.15, 0.2) is 36.0 Å². The zero-order valence-corrected chi connectivity index (χ0v) is 10.7. The minimum absolute atomic E-state index is 0.148. The summed E-state index contributed by atoms with van der Waals surface area (Å²) in [6.45, 7) is 2.16. The van der Waals surface area contributed by atoms with Crippen LogP contribution >= 0.6 is 11.3 Å². The molecule has 1 heterocycles. The number of hydrogen-bond acceptors (Lipinski definition) is 4. The topological polar surface area (TPSA) is 50.9 Å². The lowest BCUT2D eigenvalue weighted by atomic mass is 10.0. The standard InChI is InChI=1S/C13H17N3S/c1-2-10-3-5-11(6-4-10)7-12(16-14)13-8-15-9-17-13/h3-6,8-9,12,16H,2,7,14H2,1H3. The Balaban J connectivity index is 2.07. The van der Waals surface area contributed by atoms with Gasteiger partial charge in [0.2, 0.25) is 0 Å². The van der Waals surface area contributed by atoms with E-state index in [1.807, 2.05) is 11.7 Å². The molecule has 0 bridgehead atoms. The van der Waals surface area contributed by atoms with Crippen molar-refractivity contribution < 1.29 is 0 Å². The molecule has 0 aliphatic rings. The normalized spacial score (nSPS) is 12.6. The van der Waals surface area contributed by atoms with Crippen LogP contribution in [0.2, 0.25) is 0 Å². The minimum atomic E-state index is 0.148. The van der Waals surface area contributed by atoms with Crippen LogP contribution in [0.1, 0.15) is 29.0 Å². The van der Waals surface area contributed by atoms with E-state index in [1.54, 1.807) is 11.3 Å². The van der Waals surface area contributed by atoms with Gasteiger partial charge in [0.1, 0.15) is 0 Å². The lowest BCUT2D eigenvalue weighted by molar-refractivity contribution is 0.559. The summed E-state index contributed by atoms with van der Waals surface area (Å²) in [5, 5.41) is 0. The highest BCUT2D eigenvalue weighted by atomic mass is 32.1. The number of nitrogens with zero attached hydrogens (tertiary/aromatic N) is 1. The molecule has 17 heavy (non-hydrogen) atoms. The molecule has 0 radical (unpaired) electrons. The van der Waals surface area contributed by atoms with E-state index < -0.39 is 0 Å². The van der Waals surface area contributed by atoms with E-state index in [4.69, 9.17) is 5.84 Å². The average Bonchev–Trinajstić information content (AvgIpc) is 2.90. The number of nitrogens with two attached hydrogens (primary N) is 1. The third-order valence-corrected chi connectivity index (χ3v) is 3.76. The molecule has 1 aromatic heterocycles. The molecular weight excluding hydrogens is 230 g/mol. The molecule has 3 nitrogen and oxygen atoms in total. The fourth-order valence-corrected chi connectivity index (χ4v) is 2.47. The Morgan fingerprint density at radius 2 is 2.00 bits per heavy atom. The third-order valence-electron chi connectivity index (χ3n) is 2.87. The van der Waals surface area contributed by atoms with Crippen molar-refractivity contribution in [3.8, 4) is 0 Å². The van der Waals surface area contributed by atoms with Crippen molar-refractivity contribution in [2.24, 2.45) is 5.84 Å². The van der Waals surface area contributed by atoms with Crippen LogP contribution < -0.4 is 11.3 Å². The number of hydrazine groups is 1. The fourth-order valence-electron chi connectivity index (χ4n) is 1.79. The highest BCUT2D eigenvalue weighted by Gasteiger charge is 2.11. The first kappa shape index (κ1) is 12.2. The smallest absolute Gasteiger partial charge is 0.0794 e. The summed E-state index contributed by atoms with van der Waals surface area (Å²) < 4.78 is 0. The summed E-state index contributed by atoms with van der Waals surface area (Å²) in [5.74, 6) is 5.60. The second kappa shape index (κ2) is 5.91. The highest BCUT2D eigenvalue weighted by Crippen LogP contribution is 2.21. The van der Waals surface area contributed by atoms with E-state index in [2.05, 4.69) is 41.6 Å². The van der Waals surface area contributed by atoms with Gasteiger partial charge >= 0.3 is 0 Å². The molecule has 1 unspecified atom stereocenters. The molecule has 0 amide bonds. The Kier molecular flexibility index (Phi) is 4.25. The van der Waals surface area contributed by atoms with Crippen LogP contribution in [0, 0.1) is 0 Å². The maximum absolute atomic E-state index is 5.60. The van der Waals surface area contributed by atoms with Crippen molar-refractivity contribution in [1.82, 2.24) is 10.4 Å². The van der Waals surface area contributed by atoms with Crippen molar-refractivity contribution in [2.45, 2.75) is 25.8 Å². The molecule has 3 N–H and O–H groups in total. The molecule has 4 heteroatoms. The Morgan fingerprint density at radius 1 is 1.29 bits per heavy atom. The van der Waals surface area contributed by atoms with E-state index in [-0.39, 0.29) is 6.04 Å². The number of aromatic nitrogens is 1. The SMILES string of the molecule is CCc1ccc(CC(NN)c2cncs2)cc1. The van der Waals surface area contributed by atoms with Crippen LogP contribution in [-0.4, -0.2) is 4.98 Å². The highest BCUT2D eigenvalue weighted by molar-refractivity contribution is 7.09. The molecule has 90 valence electrons. The number of thiazole rings is 1. The van der Waals surface area contributed by atoms with Gasteiger partial charge in [0.15, 0.2) is 0 Å². The number of benzene rings is 1. The number of rotatable bonds is 5. The molecule has 0 spiro atoms. The summed E-state index contributed by atoms with van der Waals surface area (Å²) >= 11 is 1.63. The monoisotopic (exact) mass is 247 g/mol. The lowest BCUT2D eigenvalue weighted by Gasteiger charge is -2.13. The van der Waals surface area contributed by atoms with E-state index in [1.165, 1.54) is 16.0 Å². The van der Waals surface area contributed by atoms with Crippen LogP contribution in [0.25, 0.3) is 0 Å². The predicted octanol–water partition coefficient (Wildman–Crippen LogP) is 2.45. The molecule has 1 atom stereocenters. The number of nitrogens with one attached hydrogen (secondary N) is 1. The van der Waals surface area contributed by atoms with Gasteiger partial charge in [-0.25, -0.2) is 0 Å². The van der Waals surface area contributed by atoms with Gasteiger partial charge in [-0.15, -0.1) is 11.3 Å². The van der Waals surface area contributed by atoms with E-state index in [0.717, 1.165) is 12.8 Å². The second-order valence-corrected chi connectivity index (χ2v) is 4.92. The van der Waals surface area contributed by atoms with Gasteiger partial charge in [0.25, 0.3) is 0 Å². The molecule has 2 aromatic rings. The maximum atomic E-state index is 5.60. The molecule has 0 aliphatic carbocycles. The summed E-state index contributed by atoms with van der Waals surface area (Å²) in [6, 6.07) is 8.84.